The lowest BCUT2D eigenvalue weighted by atomic mass is 10.8. The molecule has 0 aromatic rings. The van der Waals surface area contributed by atoms with Gasteiger partial charge in [0.05, 0.1) is 0 Å². The molecule has 0 bridgehead atoms. The fraction of sp³-hybridized carbons (Fsp3) is 0.200. The van der Waals surface area contributed by atoms with E-state index in [1.54, 1.807) is 12.3 Å². The van der Waals surface area contributed by atoms with Crippen molar-refractivity contribution >= 4 is 16.9 Å². The Labute approximate surface area is 58.3 Å². The van der Waals surface area contributed by atoms with Crippen molar-refractivity contribution in [1.29, 1.82) is 5.26 Å². The molecule has 9 heavy (non-hydrogen) atoms. The highest BCUT2D eigenvalue weighted by Gasteiger charge is 1.87. The number of nitriles is 1. The molecule has 0 saturated carbocycles. The predicted octanol–water partition coefficient (Wildman–Crippen LogP) is 0.701. The molecule has 0 radical (unpaired) electrons. The number of nitrogens with two attached hydrogens (primary N) is 1. The molecule has 4 heteroatoms. The zero-order chi connectivity index (χ0) is 7.11. The Morgan fingerprint density at radius 1 is 2.00 bits per heavy atom. The van der Waals surface area contributed by atoms with Gasteiger partial charge >= 0.3 is 0 Å². The first-order valence-corrected chi connectivity index (χ1v) is 3.25. The number of rotatable bonds is 2. The van der Waals surface area contributed by atoms with Gasteiger partial charge in [-0.25, -0.2) is 0 Å². The number of amidine groups is 1. The molecule has 0 fully saturated rings. The summed E-state index contributed by atoms with van der Waals surface area (Å²) >= 11 is 1.29. The lowest BCUT2D eigenvalue weighted by molar-refractivity contribution is 1.43. The minimum atomic E-state index is 0.289. The molecule has 0 atom stereocenters. The molecular weight excluding hydrogens is 134 g/mol. The summed E-state index contributed by atoms with van der Waals surface area (Å²) < 4.78 is 0. The third-order valence-electron chi connectivity index (χ3n) is 0.509. The summed E-state index contributed by atoms with van der Waals surface area (Å²) in [6.07, 6.45) is 3.28. The van der Waals surface area contributed by atoms with Crippen LogP contribution in [-0.2, 0) is 0 Å². The fourth-order valence-electron chi connectivity index (χ4n) is 0.226. The zero-order valence-electron chi connectivity index (χ0n) is 4.87. The number of nitrogens with zero attached hydrogens (tertiary/aromatic N) is 2. The molecule has 2 N–H and O–H groups in total. The Hall–Kier alpha value is -0.950. The molecule has 48 valence electrons. The molecule has 0 heterocycles. The van der Waals surface area contributed by atoms with E-state index in [0.29, 0.717) is 5.75 Å². The van der Waals surface area contributed by atoms with Crippen molar-refractivity contribution in [2.75, 3.05) is 5.75 Å². The van der Waals surface area contributed by atoms with Gasteiger partial charge in [-0.1, -0.05) is 17.8 Å². The second kappa shape index (κ2) is 5.19. The van der Waals surface area contributed by atoms with Gasteiger partial charge in [0.25, 0.3) is 0 Å². The maximum absolute atomic E-state index is 7.98. The van der Waals surface area contributed by atoms with Crippen molar-refractivity contribution < 1.29 is 0 Å². The summed E-state index contributed by atoms with van der Waals surface area (Å²) in [7, 11) is 0. The third-order valence-corrected chi connectivity index (χ3v) is 1.30. The number of thioether (sulfide) groups is 1. The largest absolute Gasteiger partial charge is 0.378 e. The van der Waals surface area contributed by atoms with Crippen molar-refractivity contribution in [3.63, 3.8) is 0 Å². The van der Waals surface area contributed by atoms with Crippen LogP contribution in [-0.4, -0.2) is 10.9 Å². The highest BCUT2D eigenvalue weighted by molar-refractivity contribution is 8.13. The van der Waals surface area contributed by atoms with Gasteiger partial charge in [-0.2, -0.15) is 5.26 Å². The summed E-state index contributed by atoms with van der Waals surface area (Å²) in [6, 6.07) is 0. The van der Waals surface area contributed by atoms with Crippen LogP contribution in [0.4, 0.5) is 0 Å². The van der Waals surface area contributed by atoms with Gasteiger partial charge in [-0.15, -0.1) is 11.6 Å². The molecule has 0 rings (SSSR count). The van der Waals surface area contributed by atoms with Crippen LogP contribution in [0.3, 0.4) is 0 Å². The van der Waals surface area contributed by atoms with E-state index in [4.69, 9.17) is 11.0 Å². The molecule has 0 spiro atoms. The fourth-order valence-corrected chi connectivity index (χ4v) is 0.620. The highest BCUT2D eigenvalue weighted by atomic mass is 32.2. The summed E-state index contributed by atoms with van der Waals surface area (Å²) in [4.78, 5) is 3.28. The average molecular weight is 141 g/mol. The molecule has 0 aromatic heterocycles. The Kier molecular flexibility index (Phi) is 4.64. The predicted molar refractivity (Wildman–Crippen MR) is 39.9 cm³/mol. The molecule has 0 aromatic carbocycles. The van der Waals surface area contributed by atoms with E-state index in [1.807, 2.05) is 0 Å². The first-order chi connectivity index (χ1) is 4.31. The molecule has 0 aliphatic heterocycles. The van der Waals surface area contributed by atoms with Crippen LogP contribution in [0.25, 0.3) is 0 Å². The summed E-state index contributed by atoms with van der Waals surface area (Å²) in [5.41, 5.74) is 5.21. The molecular formula is C5H7N3S. The first-order valence-electron chi connectivity index (χ1n) is 2.27. The van der Waals surface area contributed by atoms with Crippen LogP contribution < -0.4 is 5.73 Å². The molecule has 0 unspecified atom stereocenters. The van der Waals surface area contributed by atoms with Crippen molar-refractivity contribution in [2.24, 2.45) is 10.7 Å². The van der Waals surface area contributed by atoms with E-state index in [0.717, 1.165) is 0 Å². The Balaban J connectivity index is 3.52. The van der Waals surface area contributed by atoms with Crippen LogP contribution in [0.15, 0.2) is 17.6 Å². The van der Waals surface area contributed by atoms with Gasteiger partial charge < -0.3 is 5.73 Å². The number of hydrogen-bond acceptors (Lipinski definition) is 3. The molecule has 0 saturated heterocycles. The Bertz CT molecular complexity index is 156. The van der Waals surface area contributed by atoms with E-state index < -0.39 is 0 Å². The lowest BCUT2D eigenvalue weighted by Crippen LogP contribution is -2.05. The van der Waals surface area contributed by atoms with Crippen molar-refractivity contribution in [1.82, 2.24) is 0 Å². The summed E-state index contributed by atoms with van der Waals surface area (Å²) in [5.74, 6) is 0.691. The van der Waals surface area contributed by atoms with Gasteiger partial charge in [0, 0.05) is 5.75 Å². The quantitative estimate of drug-likeness (QED) is 0.266. The molecule has 3 nitrogen and oxygen atoms in total. The lowest BCUT2D eigenvalue weighted by Gasteiger charge is -1.89. The highest BCUT2D eigenvalue weighted by Crippen LogP contribution is 1.97. The summed E-state index contributed by atoms with van der Waals surface area (Å²) in [6.45, 7) is 3.48. The number of hydrogen-bond donors (Lipinski definition) is 1. The number of aliphatic imine (C=N–C) groups is 1. The van der Waals surface area contributed by atoms with E-state index in [9.17, 15) is 0 Å². The van der Waals surface area contributed by atoms with E-state index >= 15 is 0 Å². The van der Waals surface area contributed by atoms with Crippen LogP contribution in [0, 0.1) is 11.5 Å². The van der Waals surface area contributed by atoms with Gasteiger partial charge in [0.15, 0.2) is 5.17 Å². The van der Waals surface area contributed by atoms with Crippen molar-refractivity contribution in [2.45, 2.75) is 0 Å². The Morgan fingerprint density at radius 2 is 2.67 bits per heavy atom. The zero-order valence-corrected chi connectivity index (χ0v) is 5.69. The third kappa shape index (κ3) is 4.91. The normalized spacial score (nSPS) is 10.3. The van der Waals surface area contributed by atoms with Crippen molar-refractivity contribution in [3.8, 4) is 6.19 Å². The minimum Gasteiger partial charge on any atom is -0.378 e. The minimum absolute atomic E-state index is 0.289. The van der Waals surface area contributed by atoms with Crippen LogP contribution in [0.1, 0.15) is 0 Å². The molecule has 0 aliphatic carbocycles. The van der Waals surface area contributed by atoms with Gasteiger partial charge in [0.1, 0.15) is 0 Å². The summed E-state index contributed by atoms with van der Waals surface area (Å²) in [5, 5.41) is 8.27. The topological polar surface area (TPSA) is 62.2 Å². The SMILES string of the molecule is C=CCSC(N)=NC#N. The molecule has 0 amide bonds. The monoisotopic (exact) mass is 141 g/mol. The van der Waals surface area contributed by atoms with Crippen LogP contribution in [0.5, 0.6) is 0 Å². The van der Waals surface area contributed by atoms with Crippen LogP contribution >= 0.6 is 11.8 Å². The first kappa shape index (κ1) is 8.05. The van der Waals surface area contributed by atoms with Crippen molar-refractivity contribution in [3.05, 3.63) is 12.7 Å². The maximum atomic E-state index is 7.98. The standard InChI is InChI=1S/C5H7N3S/c1-2-3-9-5(7)8-4-6/h2H,1,3H2,(H2,7,8). The van der Waals surface area contributed by atoms with Crippen LogP contribution in [0.2, 0.25) is 0 Å². The van der Waals surface area contributed by atoms with Gasteiger partial charge in [0.2, 0.25) is 6.19 Å². The maximum Gasteiger partial charge on any atom is 0.208 e. The Morgan fingerprint density at radius 3 is 3.11 bits per heavy atom. The second-order valence-corrected chi connectivity index (χ2v) is 2.19. The van der Waals surface area contributed by atoms with Gasteiger partial charge in [-0.05, 0) is 0 Å². The molecule has 0 aliphatic rings. The smallest absolute Gasteiger partial charge is 0.208 e. The van der Waals surface area contributed by atoms with Gasteiger partial charge in [-0.3, -0.25) is 0 Å². The second-order valence-electron chi connectivity index (χ2n) is 1.15. The van der Waals surface area contributed by atoms with E-state index in [2.05, 4.69) is 11.6 Å². The van der Waals surface area contributed by atoms with E-state index in [1.165, 1.54) is 11.8 Å². The van der Waals surface area contributed by atoms with E-state index in [-0.39, 0.29) is 5.17 Å². The average Bonchev–Trinajstić information content (AvgIpc) is 1.85.